The highest BCUT2D eigenvalue weighted by Gasteiger charge is 2.17. The van der Waals surface area contributed by atoms with Crippen LogP contribution in [0.2, 0.25) is 0 Å². The van der Waals surface area contributed by atoms with Crippen molar-refractivity contribution in [2.45, 2.75) is 0 Å². The zero-order valence-electron chi connectivity index (χ0n) is 9.51. The smallest absolute Gasteiger partial charge is 0.352 e. The van der Waals surface area contributed by atoms with Crippen molar-refractivity contribution < 1.29 is 9.47 Å². The normalized spacial score (nSPS) is 10.8. The minimum Gasteiger partial charge on any atom is -0.479 e. The van der Waals surface area contributed by atoms with Crippen molar-refractivity contribution in [3.63, 3.8) is 0 Å². The van der Waals surface area contributed by atoms with Gasteiger partial charge < -0.3 is 9.47 Å². The minimum absolute atomic E-state index is 0.206. The number of aromatic nitrogens is 4. The fourth-order valence-corrected chi connectivity index (χ4v) is 1.63. The number of methoxy groups -OCH3 is 2. The lowest BCUT2D eigenvalue weighted by Gasteiger charge is -2.04. The van der Waals surface area contributed by atoms with E-state index in [1.54, 1.807) is 18.7 Å². The average molecular weight is 224 g/mol. The molecule has 16 heavy (non-hydrogen) atoms. The van der Waals surface area contributed by atoms with Crippen LogP contribution in [0.25, 0.3) is 11.2 Å². The van der Waals surface area contributed by atoms with Crippen LogP contribution in [-0.4, -0.2) is 33.3 Å². The van der Waals surface area contributed by atoms with Gasteiger partial charge in [-0.15, -0.1) is 0 Å². The zero-order valence-corrected chi connectivity index (χ0v) is 9.51. The standard InChI is InChI=1S/C9H12N4O3/c1-12-7-5(6(15-3)11-8(12)14)10-9(16-4)13(7)2/h1-4H3. The van der Waals surface area contributed by atoms with Crippen molar-refractivity contribution in [1.29, 1.82) is 0 Å². The Balaban J connectivity index is 2.96. The fraction of sp³-hybridized carbons (Fsp3) is 0.444. The van der Waals surface area contributed by atoms with Crippen molar-refractivity contribution in [2.24, 2.45) is 14.1 Å². The highest BCUT2D eigenvalue weighted by Crippen LogP contribution is 2.23. The fourth-order valence-electron chi connectivity index (χ4n) is 1.63. The van der Waals surface area contributed by atoms with Crippen LogP contribution >= 0.6 is 0 Å². The van der Waals surface area contributed by atoms with Gasteiger partial charge in [0.1, 0.15) is 0 Å². The van der Waals surface area contributed by atoms with Gasteiger partial charge in [0.25, 0.3) is 6.01 Å². The molecule has 0 aliphatic heterocycles. The Labute approximate surface area is 91.2 Å². The first kappa shape index (κ1) is 10.5. The van der Waals surface area contributed by atoms with Crippen LogP contribution in [-0.2, 0) is 14.1 Å². The van der Waals surface area contributed by atoms with E-state index in [4.69, 9.17) is 9.47 Å². The third-order valence-electron chi connectivity index (χ3n) is 2.40. The average Bonchev–Trinajstić information content (AvgIpc) is 2.61. The molecule has 7 nitrogen and oxygen atoms in total. The summed E-state index contributed by atoms with van der Waals surface area (Å²) in [6.07, 6.45) is 0. The molecule has 0 radical (unpaired) electrons. The van der Waals surface area contributed by atoms with E-state index in [1.165, 1.54) is 18.8 Å². The van der Waals surface area contributed by atoms with Gasteiger partial charge in [0.2, 0.25) is 5.88 Å². The molecular formula is C9H12N4O3. The van der Waals surface area contributed by atoms with Gasteiger partial charge in [-0.05, 0) is 0 Å². The summed E-state index contributed by atoms with van der Waals surface area (Å²) in [5.74, 6) is 0.206. The molecule has 0 fully saturated rings. The molecule has 0 aromatic carbocycles. The van der Waals surface area contributed by atoms with Crippen LogP contribution in [0.3, 0.4) is 0 Å². The number of fused-ring (bicyclic) bond motifs is 1. The predicted molar refractivity (Wildman–Crippen MR) is 56.9 cm³/mol. The lowest BCUT2D eigenvalue weighted by Crippen LogP contribution is -2.22. The van der Waals surface area contributed by atoms with Crippen LogP contribution in [0.4, 0.5) is 0 Å². The first-order valence-corrected chi connectivity index (χ1v) is 4.61. The van der Waals surface area contributed by atoms with E-state index in [0.29, 0.717) is 17.2 Å². The molecule has 0 aliphatic carbocycles. The maximum atomic E-state index is 11.6. The summed E-state index contributed by atoms with van der Waals surface area (Å²) in [5.41, 5.74) is 0.715. The molecule has 7 heteroatoms. The zero-order chi connectivity index (χ0) is 11.9. The monoisotopic (exact) mass is 224 g/mol. The number of hydrogen-bond donors (Lipinski definition) is 0. The summed E-state index contributed by atoms with van der Waals surface area (Å²) in [4.78, 5) is 19.5. The topological polar surface area (TPSA) is 71.2 Å². The molecule has 2 rings (SSSR count). The van der Waals surface area contributed by atoms with Crippen molar-refractivity contribution >= 4 is 11.2 Å². The minimum atomic E-state index is -0.394. The Morgan fingerprint density at radius 2 is 1.75 bits per heavy atom. The Kier molecular flexibility index (Phi) is 2.30. The maximum Gasteiger partial charge on any atom is 0.352 e. The molecule has 0 aliphatic rings. The summed E-state index contributed by atoms with van der Waals surface area (Å²) in [7, 11) is 6.34. The summed E-state index contributed by atoms with van der Waals surface area (Å²) in [6.45, 7) is 0. The van der Waals surface area contributed by atoms with Gasteiger partial charge in [-0.25, -0.2) is 4.79 Å². The van der Waals surface area contributed by atoms with E-state index >= 15 is 0 Å². The molecule has 0 atom stereocenters. The first-order chi connectivity index (χ1) is 7.60. The molecule has 0 amide bonds. The van der Waals surface area contributed by atoms with E-state index in [9.17, 15) is 4.79 Å². The van der Waals surface area contributed by atoms with E-state index in [2.05, 4.69) is 9.97 Å². The van der Waals surface area contributed by atoms with Crippen LogP contribution < -0.4 is 15.2 Å². The third kappa shape index (κ3) is 1.24. The summed E-state index contributed by atoms with van der Waals surface area (Å²) >= 11 is 0. The molecule has 0 bridgehead atoms. The van der Waals surface area contributed by atoms with Gasteiger partial charge in [0.15, 0.2) is 11.2 Å². The van der Waals surface area contributed by atoms with E-state index in [0.717, 1.165) is 0 Å². The van der Waals surface area contributed by atoms with Gasteiger partial charge in [-0.3, -0.25) is 9.13 Å². The summed E-state index contributed by atoms with van der Waals surface area (Å²) in [5, 5.41) is 0. The van der Waals surface area contributed by atoms with Gasteiger partial charge in [-0.2, -0.15) is 9.97 Å². The Morgan fingerprint density at radius 3 is 2.31 bits per heavy atom. The highest BCUT2D eigenvalue weighted by molar-refractivity contribution is 5.78. The second-order valence-electron chi connectivity index (χ2n) is 3.29. The van der Waals surface area contributed by atoms with Gasteiger partial charge in [0.05, 0.1) is 14.2 Å². The number of aryl methyl sites for hydroxylation is 2. The molecule has 2 aromatic heterocycles. The Morgan fingerprint density at radius 1 is 1.06 bits per heavy atom. The number of hydrogen-bond acceptors (Lipinski definition) is 5. The maximum absolute atomic E-state index is 11.6. The molecule has 2 heterocycles. The highest BCUT2D eigenvalue weighted by atomic mass is 16.5. The SMILES string of the molecule is COc1nc(=O)n(C)c2c1nc(OC)n2C. The van der Waals surface area contributed by atoms with Crippen molar-refractivity contribution in [1.82, 2.24) is 19.1 Å². The lowest BCUT2D eigenvalue weighted by molar-refractivity contribution is 0.367. The van der Waals surface area contributed by atoms with Crippen LogP contribution in [0.5, 0.6) is 11.9 Å². The molecule has 0 saturated carbocycles. The Bertz CT molecular complexity index is 599. The lowest BCUT2D eigenvalue weighted by atomic mass is 10.5. The van der Waals surface area contributed by atoms with Crippen LogP contribution in [0.15, 0.2) is 4.79 Å². The molecule has 0 saturated heterocycles. The largest absolute Gasteiger partial charge is 0.479 e. The van der Waals surface area contributed by atoms with Gasteiger partial charge in [0, 0.05) is 14.1 Å². The number of ether oxygens (including phenoxy) is 2. The molecular weight excluding hydrogens is 212 g/mol. The number of nitrogens with zero attached hydrogens (tertiary/aromatic N) is 4. The van der Waals surface area contributed by atoms with Crippen molar-refractivity contribution in [3.05, 3.63) is 10.5 Å². The first-order valence-electron chi connectivity index (χ1n) is 4.61. The molecule has 86 valence electrons. The Hall–Kier alpha value is -2.05. The van der Waals surface area contributed by atoms with Crippen molar-refractivity contribution in [2.75, 3.05) is 14.2 Å². The van der Waals surface area contributed by atoms with E-state index < -0.39 is 5.69 Å². The molecule has 0 N–H and O–H groups in total. The van der Waals surface area contributed by atoms with Crippen molar-refractivity contribution in [3.8, 4) is 11.9 Å². The number of imidazole rings is 1. The summed E-state index contributed by atoms with van der Waals surface area (Å²) < 4.78 is 13.2. The van der Waals surface area contributed by atoms with E-state index in [1.807, 2.05) is 0 Å². The van der Waals surface area contributed by atoms with Crippen LogP contribution in [0, 0.1) is 0 Å². The van der Waals surface area contributed by atoms with Crippen LogP contribution in [0.1, 0.15) is 0 Å². The van der Waals surface area contributed by atoms with Gasteiger partial charge >= 0.3 is 5.69 Å². The predicted octanol–water partition coefficient (Wildman–Crippen LogP) is -0.316. The quantitative estimate of drug-likeness (QED) is 0.699. The second-order valence-corrected chi connectivity index (χ2v) is 3.29. The summed E-state index contributed by atoms with van der Waals surface area (Å²) in [6, 6.07) is 0.399. The third-order valence-corrected chi connectivity index (χ3v) is 2.40. The molecule has 0 unspecified atom stereocenters. The molecule has 0 spiro atoms. The molecule has 2 aromatic rings. The van der Waals surface area contributed by atoms with E-state index in [-0.39, 0.29) is 5.88 Å². The second kappa shape index (κ2) is 3.51. The van der Waals surface area contributed by atoms with Gasteiger partial charge in [-0.1, -0.05) is 0 Å². The number of rotatable bonds is 2.